The summed E-state index contributed by atoms with van der Waals surface area (Å²) in [4.78, 5) is 16.7. The van der Waals surface area contributed by atoms with E-state index in [1.54, 1.807) is 0 Å². The molecule has 0 aromatic carbocycles. The average molecular weight is 373 g/mol. The highest BCUT2D eigenvalue weighted by Crippen LogP contribution is 2.34. The summed E-state index contributed by atoms with van der Waals surface area (Å²) in [6, 6.07) is 0. The number of allylic oxidation sites excluding steroid dienone is 5. The van der Waals surface area contributed by atoms with E-state index in [2.05, 4.69) is 36.1 Å². The average Bonchev–Trinajstić information content (AvgIpc) is 2.85. The lowest BCUT2D eigenvalue weighted by molar-refractivity contribution is 0.0141. The normalized spacial score (nSPS) is 23.0. The molecule has 2 fully saturated rings. The SMILES string of the molecule is CC1=CC(N2CCC(C3CCN(C(=O)OC(C)(C)C)CC3)CC2)=CC=CC1. The van der Waals surface area contributed by atoms with Crippen molar-refractivity contribution in [1.29, 1.82) is 0 Å². The third kappa shape index (κ3) is 5.63. The Morgan fingerprint density at radius 3 is 2.22 bits per heavy atom. The summed E-state index contributed by atoms with van der Waals surface area (Å²) >= 11 is 0. The summed E-state index contributed by atoms with van der Waals surface area (Å²) < 4.78 is 5.52. The molecular weight excluding hydrogens is 336 g/mol. The van der Waals surface area contributed by atoms with E-state index in [1.807, 2.05) is 25.7 Å². The Morgan fingerprint density at radius 2 is 1.63 bits per heavy atom. The quantitative estimate of drug-likeness (QED) is 0.673. The van der Waals surface area contributed by atoms with Gasteiger partial charge >= 0.3 is 6.09 Å². The van der Waals surface area contributed by atoms with Crippen LogP contribution in [0.5, 0.6) is 0 Å². The zero-order valence-corrected chi connectivity index (χ0v) is 17.5. The molecule has 1 aliphatic carbocycles. The van der Waals surface area contributed by atoms with Crippen molar-refractivity contribution in [3.8, 4) is 0 Å². The van der Waals surface area contributed by atoms with E-state index >= 15 is 0 Å². The minimum Gasteiger partial charge on any atom is -0.444 e. The van der Waals surface area contributed by atoms with Gasteiger partial charge in [0.1, 0.15) is 5.60 Å². The molecule has 3 rings (SSSR count). The second kappa shape index (κ2) is 8.53. The molecule has 0 bridgehead atoms. The van der Waals surface area contributed by atoms with Gasteiger partial charge in [0.2, 0.25) is 0 Å². The van der Waals surface area contributed by atoms with E-state index < -0.39 is 5.60 Å². The number of nitrogens with zero attached hydrogens (tertiary/aromatic N) is 2. The van der Waals surface area contributed by atoms with E-state index in [0.29, 0.717) is 0 Å². The van der Waals surface area contributed by atoms with Crippen molar-refractivity contribution in [1.82, 2.24) is 9.80 Å². The molecule has 0 unspecified atom stereocenters. The Morgan fingerprint density at radius 1 is 1.04 bits per heavy atom. The van der Waals surface area contributed by atoms with Crippen LogP contribution >= 0.6 is 0 Å². The number of hydrogen-bond acceptors (Lipinski definition) is 3. The summed E-state index contributed by atoms with van der Waals surface area (Å²) in [5, 5.41) is 0. The fourth-order valence-electron chi connectivity index (χ4n) is 4.49. The first kappa shape index (κ1) is 20.0. The number of hydrogen-bond donors (Lipinski definition) is 0. The Balaban J connectivity index is 1.46. The Bertz CT molecular complexity index is 611. The van der Waals surface area contributed by atoms with Crippen molar-refractivity contribution in [2.24, 2.45) is 11.8 Å². The van der Waals surface area contributed by atoms with Gasteiger partial charge in [-0.3, -0.25) is 0 Å². The number of rotatable bonds is 2. The minimum atomic E-state index is -0.407. The number of carbonyl (C=O) groups excluding carboxylic acids is 1. The highest BCUT2D eigenvalue weighted by molar-refractivity contribution is 5.68. The van der Waals surface area contributed by atoms with Gasteiger partial charge in [0.05, 0.1) is 0 Å². The van der Waals surface area contributed by atoms with Gasteiger partial charge in [0.25, 0.3) is 0 Å². The molecule has 1 amide bonds. The van der Waals surface area contributed by atoms with Gasteiger partial charge < -0.3 is 14.5 Å². The van der Waals surface area contributed by atoms with Crippen LogP contribution in [0.1, 0.15) is 59.8 Å². The van der Waals surface area contributed by atoms with E-state index in [-0.39, 0.29) is 6.09 Å². The highest BCUT2D eigenvalue weighted by atomic mass is 16.6. The van der Waals surface area contributed by atoms with Crippen LogP contribution in [0.25, 0.3) is 0 Å². The maximum absolute atomic E-state index is 12.2. The van der Waals surface area contributed by atoms with Crippen LogP contribution in [0, 0.1) is 11.8 Å². The number of likely N-dealkylation sites (tertiary alicyclic amines) is 2. The monoisotopic (exact) mass is 372 g/mol. The highest BCUT2D eigenvalue weighted by Gasteiger charge is 2.32. The van der Waals surface area contributed by atoms with Gasteiger partial charge in [-0.05, 0) is 83.8 Å². The first-order valence-electron chi connectivity index (χ1n) is 10.6. The number of carbonyl (C=O) groups is 1. The topological polar surface area (TPSA) is 32.8 Å². The van der Waals surface area contributed by atoms with E-state index in [4.69, 9.17) is 4.74 Å². The fraction of sp³-hybridized carbons (Fsp3) is 0.696. The molecule has 2 aliphatic heterocycles. The van der Waals surface area contributed by atoms with Crippen LogP contribution in [-0.4, -0.2) is 47.7 Å². The molecule has 4 heteroatoms. The third-order valence-corrected chi connectivity index (χ3v) is 6.00. The van der Waals surface area contributed by atoms with Crippen LogP contribution in [0.3, 0.4) is 0 Å². The Labute approximate surface area is 164 Å². The van der Waals surface area contributed by atoms with Gasteiger partial charge in [-0.25, -0.2) is 4.79 Å². The standard InChI is InChI=1S/C23H36N2O2/c1-18-7-5-6-8-21(17-18)24-13-9-19(10-14-24)20-11-15-25(16-12-20)22(26)27-23(2,3)4/h5-6,8,17,19-20H,7,9-16H2,1-4H3. The van der Waals surface area contributed by atoms with E-state index in [0.717, 1.165) is 57.3 Å². The zero-order valence-electron chi connectivity index (χ0n) is 17.5. The third-order valence-electron chi connectivity index (χ3n) is 6.00. The lowest BCUT2D eigenvalue weighted by Crippen LogP contribution is -2.44. The summed E-state index contributed by atoms with van der Waals surface area (Å²) in [5.74, 6) is 1.56. The molecule has 0 spiro atoms. The predicted octanol–water partition coefficient (Wildman–Crippen LogP) is 5.14. The molecule has 2 saturated heterocycles. The van der Waals surface area contributed by atoms with Crippen LogP contribution in [-0.2, 0) is 4.74 Å². The van der Waals surface area contributed by atoms with Gasteiger partial charge in [-0.2, -0.15) is 0 Å². The smallest absolute Gasteiger partial charge is 0.410 e. The molecular formula is C23H36N2O2. The van der Waals surface area contributed by atoms with Gasteiger partial charge in [0.15, 0.2) is 0 Å². The van der Waals surface area contributed by atoms with Gasteiger partial charge in [-0.15, -0.1) is 0 Å². The van der Waals surface area contributed by atoms with Crippen molar-refractivity contribution in [2.45, 2.75) is 65.4 Å². The van der Waals surface area contributed by atoms with E-state index in [9.17, 15) is 4.79 Å². The molecule has 150 valence electrons. The Kier molecular flexibility index (Phi) is 6.33. The van der Waals surface area contributed by atoms with Crippen molar-refractivity contribution in [3.63, 3.8) is 0 Å². The van der Waals surface area contributed by atoms with Crippen molar-refractivity contribution in [2.75, 3.05) is 26.2 Å². The molecule has 0 aromatic heterocycles. The number of piperidine rings is 2. The molecule has 2 heterocycles. The molecule has 0 N–H and O–H groups in total. The van der Waals surface area contributed by atoms with Crippen LogP contribution in [0.2, 0.25) is 0 Å². The molecule has 4 nitrogen and oxygen atoms in total. The first-order chi connectivity index (χ1) is 12.8. The van der Waals surface area contributed by atoms with Gasteiger partial charge in [0, 0.05) is 31.9 Å². The Hall–Kier alpha value is -1.71. The second-order valence-electron chi connectivity index (χ2n) is 9.34. The molecule has 0 atom stereocenters. The summed E-state index contributed by atoms with van der Waals surface area (Å²) in [6.07, 6.45) is 14.7. The lowest BCUT2D eigenvalue weighted by Gasteiger charge is -2.41. The minimum absolute atomic E-state index is 0.147. The second-order valence-corrected chi connectivity index (χ2v) is 9.34. The molecule has 3 aliphatic rings. The molecule has 0 saturated carbocycles. The number of amides is 1. The predicted molar refractivity (Wildman–Crippen MR) is 110 cm³/mol. The zero-order chi connectivity index (χ0) is 19.4. The maximum atomic E-state index is 12.2. The van der Waals surface area contributed by atoms with Crippen molar-refractivity contribution < 1.29 is 9.53 Å². The summed E-state index contributed by atoms with van der Waals surface area (Å²) in [6.45, 7) is 12.0. The van der Waals surface area contributed by atoms with Crippen molar-refractivity contribution >= 4 is 6.09 Å². The summed E-state index contributed by atoms with van der Waals surface area (Å²) in [7, 11) is 0. The van der Waals surface area contributed by atoms with Crippen LogP contribution in [0.15, 0.2) is 35.6 Å². The summed E-state index contributed by atoms with van der Waals surface area (Å²) in [5.41, 5.74) is 2.40. The number of ether oxygens (including phenoxy) is 1. The lowest BCUT2D eigenvalue weighted by atomic mass is 9.78. The fourth-order valence-corrected chi connectivity index (χ4v) is 4.49. The molecule has 0 radical (unpaired) electrons. The van der Waals surface area contributed by atoms with Crippen LogP contribution in [0.4, 0.5) is 4.79 Å². The maximum Gasteiger partial charge on any atom is 0.410 e. The van der Waals surface area contributed by atoms with Crippen molar-refractivity contribution in [3.05, 3.63) is 35.6 Å². The molecule has 0 aromatic rings. The first-order valence-corrected chi connectivity index (χ1v) is 10.6. The van der Waals surface area contributed by atoms with Gasteiger partial charge in [-0.1, -0.05) is 17.7 Å². The van der Waals surface area contributed by atoms with Crippen LogP contribution < -0.4 is 0 Å². The van der Waals surface area contributed by atoms with E-state index in [1.165, 1.54) is 24.1 Å². The largest absolute Gasteiger partial charge is 0.444 e. The molecule has 27 heavy (non-hydrogen) atoms.